The summed E-state index contributed by atoms with van der Waals surface area (Å²) >= 11 is 12.4. The average Bonchev–Trinajstić information content (AvgIpc) is 3.28. The molecule has 2 amide bonds. The lowest BCUT2D eigenvalue weighted by atomic mass is 9.60. The Bertz CT molecular complexity index is 1150. The topological polar surface area (TPSA) is 90.5 Å². The van der Waals surface area contributed by atoms with Crippen molar-refractivity contribution < 1.29 is 19.1 Å². The molecule has 2 aliphatic heterocycles. The van der Waals surface area contributed by atoms with Gasteiger partial charge in [-0.3, -0.25) is 9.59 Å². The highest BCUT2D eigenvalue weighted by Gasteiger charge is 2.67. The fourth-order valence-corrected chi connectivity index (χ4v) is 6.02. The van der Waals surface area contributed by atoms with Crippen molar-refractivity contribution in [1.82, 2.24) is 10.6 Å². The van der Waals surface area contributed by atoms with E-state index in [1.165, 1.54) is 12.1 Å². The average molecular weight is 522 g/mol. The predicted molar refractivity (Wildman–Crippen MR) is 135 cm³/mol. The third-order valence-electron chi connectivity index (χ3n) is 7.00. The zero-order valence-electron chi connectivity index (χ0n) is 19.9. The molecule has 0 aliphatic carbocycles. The first-order valence-corrected chi connectivity index (χ1v) is 12.5. The van der Waals surface area contributed by atoms with Gasteiger partial charge in [-0.25, -0.2) is 4.39 Å². The minimum absolute atomic E-state index is 0.0446. The van der Waals surface area contributed by atoms with Gasteiger partial charge >= 0.3 is 0 Å². The molecular formula is C26H30Cl2FN3O3. The Hall–Kier alpha value is -2.19. The Morgan fingerprint density at radius 3 is 2.60 bits per heavy atom. The van der Waals surface area contributed by atoms with Crippen LogP contribution in [0.15, 0.2) is 36.4 Å². The van der Waals surface area contributed by atoms with Gasteiger partial charge in [0.25, 0.3) is 0 Å². The maximum atomic E-state index is 14.8. The number of carbonyl (C=O) groups is 2. The number of unbranched alkanes of at least 4 members (excludes halogenated alkanes) is 1. The smallest absolute Gasteiger partial charge is 0.237 e. The molecule has 0 aromatic heterocycles. The SMILES string of the molecule is CC(C)(C)[C@@H]1N[C@@H](C(=O)NCCCCO)[C@H](c2cccc(Cl)c2)[C@]12C(=O)Nc1cc(Cl)c(F)cc12. The van der Waals surface area contributed by atoms with E-state index in [9.17, 15) is 14.0 Å². The van der Waals surface area contributed by atoms with Crippen LogP contribution in [-0.4, -0.2) is 42.2 Å². The van der Waals surface area contributed by atoms with Gasteiger partial charge in [-0.05, 0) is 53.6 Å². The van der Waals surface area contributed by atoms with Crippen LogP contribution in [0.4, 0.5) is 10.1 Å². The number of fused-ring (bicyclic) bond motifs is 2. The van der Waals surface area contributed by atoms with E-state index in [-0.39, 0.29) is 23.4 Å². The van der Waals surface area contributed by atoms with E-state index >= 15 is 0 Å². The second-order valence-corrected chi connectivity index (χ2v) is 11.2. The Labute approximate surface area is 214 Å². The number of anilines is 1. The fraction of sp³-hybridized carbons (Fsp3) is 0.462. The molecule has 0 unspecified atom stereocenters. The molecular weight excluding hydrogens is 492 g/mol. The Morgan fingerprint density at radius 1 is 1.20 bits per heavy atom. The van der Waals surface area contributed by atoms with Gasteiger partial charge in [0.1, 0.15) is 11.2 Å². The number of benzene rings is 2. The molecule has 2 heterocycles. The van der Waals surface area contributed by atoms with Crippen LogP contribution in [-0.2, 0) is 15.0 Å². The summed E-state index contributed by atoms with van der Waals surface area (Å²) in [7, 11) is 0. The van der Waals surface area contributed by atoms with Crippen molar-refractivity contribution >= 4 is 40.7 Å². The number of amides is 2. The van der Waals surface area contributed by atoms with Crippen molar-refractivity contribution in [2.24, 2.45) is 5.41 Å². The van der Waals surface area contributed by atoms with Crippen molar-refractivity contribution in [2.45, 2.75) is 57.0 Å². The Kier molecular flexibility index (Phi) is 7.17. The molecule has 0 radical (unpaired) electrons. The molecule has 2 aliphatic rings. The van der Waals surface area contributed by atoms with E-state index in [1.54, 1.807) is 18.2 Å². The first kappa shape index (κ1) is 25.9. The van der Waals surface area contributed by atoms with Crippen LogP contribution in [0.2, 0.25) is 10.0 Å². The summed E-state index contributed by atoms with van der Waals surface area (Å²) in [5, 5.41) is 18.8. The normalized spacial score (nSPS) is 25.6. The van der Waals surface area contributed by atoms with Gasteiger partial charge in [-0.1, -0.05) is 56.1 Å². The van der Waals surface area contributed by atoms with Crippen LogP contribution in [0, 0.1) is 11.2 Å². The minimum atomic E-state index is -1.29. The molecule has 4 rings (SSSR count). The lowest BCUT2D eigenvalue weighted by Gasteiger charge is -2.41. The van der Waals surface area contributed by atoms with Crippen molar-refractivity contribution in [2.75, 3.05) is 18.5 Å². The number of rotatable bonds is 6. The first-order valence-electron chi connectivity index (χ1n) is 11.7. The highest BCUT2D eigenvalue weighted by molar-refractivity contribution is 6.31. The van der Waals surface area contributed by atoms with Crippen molar-refractivity contribution in [3.8, 4) is 0 Å². The molecule has 4 N–H and O–H groups in total. The van der Waals surface area contributed by atoms with E-state index in [1.807, 2.05) is 26.8 Å². The van der Waals surface area contributed by atoms with Crippen LogP contribution in [0.5, 0.6) is 0 Å². The van der Waals surface area contributed by atoms with Crippen molar-refractivity contribution in [3.05, 3.63) is 63.4 Å². The molecule has 6 nitrogen and oxygen atoms in total. The zero-order chi connectivity index (χ0) is 25.5. The van der Waals surface area contributed by atoms with E-state index in [0.717, 1.165) is 0 Å². The molecule has 2 aromatic rings. The van der Waals surface area contributed by atoms with Gasteiger partial charge in [0.2, 0.25) is 11.8 Å². The van der Waals surface area contributed by atoms with Gasteiger partial charge in [0.05, 0.1) is 11.1 Å². The van der Waals surface area contributed by atoms with E-state index in [2.05, 4.69) is 16.0 Å². The predicted octanol–water partition coefficient (Wildman–Crippen LogP) is 4.38. The van der Waals surface area contributed by atoms with Crippen LogP contribution in [0.3, 0.4) is 0 Å². The van der Waals surface area contributed by atoms with E-state index < -0.39 is 34.6 Å². The van der Waals surface area contributed by atoms with Crippen LogP contribution < -0.4 is 16.0 Å². The lowest BCUT2D eigenvalue weighted by molar-refractivity contribution is -0.124. The number of halogens is 3. The van der Waals surface area contributed by atoms with Gasteiger partial charge in [0.15, 0.2) is 0 Å². The van der Waals surface area contributed by atoms with Gasteiger partial charge < -0.3 is 21.1 Å². The number of hydrogen-bond acceptors (Lipinski definition) is 4. The van der Waals surface area contributed by atoms with Gasteiger partial charge in [-0.2, -0.15) is 0 Å². The summed E-state index contributed by atoms with van der Waals surface area (Å²) in [6.45, 7) is 6.39. The molecule has 2 aromatic carbocycles. The monoisotopic (exact) mass is 521 g/mol. The Balaban J connectivity index is 1.92. The third kappa shape index (κ3) is 4.44. The summed E-state index contributed by atoms with van der Waals surface area (Å²) in [5.41, 5.74) is -0.175. The summed E-state index contributed by atoms with van der Waals surface area (Å²) in [5.74, 6) is -1.89. The number of nitrogens with one attached hydrogen (secondary N) is 3. The second kappa shape index (κ2) is 9.69. The summed E-state index contributed by atoms with van der Waals surface area (Å²) < 4.78 is 14.8. The van der Waals surface area contributed by atoms with E-state index in [4.69, 9.17) is 28.3 Å². The highest BCUT2D eigenvalue weighted by Crippen LogP contribution is 2.58. The standard InChI is InChI=1S/C26H30Cl2FN3O3/c1-25(2,3)23-26(16-12-18(29)17(28)13-19(16)31-24(26)35)20(14-7-6-8-15(27)11-14)21(32-23)22(34)30-9-4-5-10-33/h6-8,11-13,20-21,23,32-33H,4-5,9-10H2,1-3H3,(H,30,34)(H,31,35)/t20-,21+,23-,26-/m0/s1. The fourth-order valence-electron chi connectivity index (χ4n) is 5.66. The van der Waals surface area contributed by atoms with Gasteiger partial charge in [0, 0.05) is 35.8 Å². The molecule has 4 atom stereocenters. The molecule has 35 heavy (non-hydrogen) atoms. The molecule has 9 heteroatoms. The Morgan fingerprint density at radius 2 is 1.94 bits per heavy atom. The summed E-state index contributed by atoms with van der Waals surface area (Å²) in [6.07, 6.45) is 1.19. The number of carbonyl (C=O) groups excluding carboxylic acids is 2. The largest absolute Gasteiger partial charge is 0.396 e. The molecule has 1 spiro atoms. The minimum Gasteiger partial charge on any atom is -0.396 e. The van der Waals surface area contributed by atoms with Crippen LogP contribution >= 0.6 is 23.2 Å². The first-order chi connectivity index (χ1) is 16.5. The number of aliphatic hydroxyl groups excluding tert-OH is 1. The molecule has 1 fully saturated rings. The van der Waals surface area contributed by atoms with Crippen LogP contribution in [0.1, 0.15) is 50.7 Å². The van der Waals surface area contributed by atoms with Crippen molar-refractivity contribution in [3.63, 3.8) is 0 Å². The molecule has 188 valence electrons. The number of aliphatic hydroxyl groups is 1. The second-order valence-electron chi connectivity index (χ2n) is 10.3. The van der Waals surface area contributed by atoms with E-state index in [0.29, 0.717) is 41.2 Å². The highest BCUT2D eigenvalue weighted by atomic mass is 35.5. The quantitative estimate of drug-likeness (QED) is 0.424. The molecule has 0 bridgehead atoms. The molecule has 1 saturated heterocycles. The third-order valence-corrected chi connectivity index (χ3v) is 7.52. The number of hydrogen-bond donors (Lipinski definition) is 4. The van der Waals surface area contributed by atoms with Gasteiger partial charge in [-0.15, -0.1) is 0 Å². The zero-order valence-corrected chi connectivity index (χ0v) is 21.4. The maximum absolute atomic E-state index is 14.8. The maximum Gasteiger partial charge on any atom is 0.237 e. The van der Waals surface area contributed by atoms with Crippen molar-refractivity contribution in [1.29, 1.82) is 0 Å². The summed E-state index contributed by atoms with van der Waals surface area (Å²) in [6, 6.07) is 8.54. The summed E-state index contributed by atoms with van der Waals surface area (Å²) in [4.78, 5) is 27.5. The lowest BCUT2D eigenvalue weighted by Crippen LogP contribution is -2.54. The van der Waals surface area contributed by atoms with Crippen LogP contribution in [0.25, 0.3) is 0 Å². The molecule has 0 saturated carbocycles.